The highest BCUT2D eigenvalue weighted by Gasteiger charge is 2.26. The first-order valence-corrected chi connectivity index (χ1v) is 22.2. The van der Waals surface area contributed by atoms with Crippen molar-refractivity contribution in [1.29, 1.82) is 0 Å². The minimum atomic E-state index is -1.60. The largest absolute Gasteiger partial charge is 0.324 e. The van der Waals surface area contributed by atoms with Crippen molar-refractivity contribution in [3.63, 3.8) is 0 Å². The smallest absolute Gasteiger partial charge is 0.258 e. The Hall–Kier alpha value is -6.03. The van der Waals surface area contributed by atoms with Gasteiger partial charge in [0.1, 0.15) is 0 Å². The number of alkyl halides is 3. The summed E-state index contributed by atoms with van der Waals surface area (Å²) in [4.78, 5) is 78.6. The summed E-state index contributed by atoms with van der Waals surface area (Å²) in [7, 11) is 0. The van der Waals surface area contributed by atoms with Crippen LogP contribution in [-0.4, -0.2) is 64.9 Å². The SMILES string of the molecule is CC(=O)C(N=Nc1cc(Cl)cc(C(=O)Nc2ccccc2CCCl)c1)C(=O)Nc1ccc(NC(=O)C(N=Nc2cc(Cl)cc(C(=O)Nc3ccccc3CCCl)c2)C(C)=O)c(CCCl)c1. The number of hydrogen-bond acceptors (Lipinski definition) is 10. The van der Waals surface area contributed by atoms with E-state index in [2.05, 4.69) is 41.7 Å². The number of rotatable bonds is 20. The van der Waals surface area contributed by atoms with E-state index in [9.17, 15) is 28.8 Å². The number of carbonyl (C=O) groups is 6. The standard InChI is InChI=1S/C46H41Cl5N8O6/c1-26(60)41(58-56-36-22-31(19-33(50)24-36)43(62)53-38-9-5-3-7-28(38)13-16-47)45(64)52-35-11-12-40(30(21-35)15-18-49)55-46(65)42(27(2)61)59-57-37-23-32(20-34(51)25-37)44(63)54-39-10-6-4-8-29(39)14-17-48/h3-12,19-25,41-42H,13-18H2,1-2H3,(H,52,64)(H,53,62)(H,54,63)(H,55,65). The molecule has 5 aromatic carbocycles. The zero-order valence-electron chi connectivity index (χ0n) is 34.8. The first-order chi connectivity index (χ1) is 31.2. The topological polar surface area (TPSA) is 200 Å². The van der Waals surface area contributed by atoms with Gasteiger partial charge >= 0.3 is 0 Å². The van der Waals surface area contributed by atoms with Crippen molar-refractivity contribution in [1.82, 2.24) is 0 Å². The Labute approximate surface area is 399 Å². The molecule has 0 fully saturated rings. The van der Waals surface area contributed by atoms with Gasteiger partial charge in [0.05, 0.1) is 11.4 Å². The van der Waals surface area contributed by atoms with Gasteiger partial charge < -0.3 is 21.3 Å². The predicted octanol–water partition coefficient (Wildman–Crippen LogP) is 11.2. The van der Waals surface area contributed by atoms with Crippen LogP contribution in [0.2, 0.25) is 10.0 Å². The lowest BCUT2D eigenvalue weighted by Gasteiger charge is -2.15. The molecule has 0 aliphatic rings. The first-order valence-electron chi connectivity index (χ1n) is 19.8. The molecule has 4 amide bonds. The molecule has 2 unspecified atom stereocenters. The number of anilines is 4. The minimum Gasteiger partial charge on any atom is -0.324 e. The van der Waals surface area contributed by atoms with Gasteiger partial charge in [-0.25, -0.2) is 0 Å². The van der Waals surface area contributed by atoms with Gasteiger partial charge in [0.2, 0.25) is 12.1 Å². The molecule has 65 heavy (non-hydrogen) atoms. The van der Waals surface area contributed by atoms with Crippen molar-refractivity contribution in [2.45, 2.75) is 45.2 Å². The highest BCUT2D eigenvalue weighted by molar-refractivity contribution is 6.32. The Bertz CT molecular complexity index is 2660. The molecule has 0 saturated carbocycles. The van der Waals surface area contributed by atoms with Crippen LogP contribution in [0.15, 0.2) is 124 Å². The van der Waals surface area contributed by atoms with E-state index in [-0.39, 0.29) is 56.2 Å². The van der Waals surface area contributed by atoms with E-state index < -0.39 is 47.3 Å². The van der Waals surface area contributed by atoms with Gasteiger partial charge in [-0.2, -0.15) is 20.5 Å². The molecule has 0 aromatic heterocycles. The maximum Gasteiger partial charge on any atom is 0.258 e. The Balaban J connectivity index is 1.27. The Morgan fingerprint density at radius 1 is 0.492 bits per heavy atom. The number of hydrogen-bond donors (Lipinski definition) is 4. The maximum absolute atomic E-state index is 13.5. The molecule has 0 radical (unpaired) electrons. The van der Waals surface area contributed by atoms with Crippen molar-refractivity contribution < 1.29 is 28.8 Å². The van der Waals surface area contributed by atoms with Crippen molar-refractivity contribution in [2.75, 3.05) is 38.9 Å². The molecule has 5 aromatic rings. The summed E-state index contributed by atoms with van der Waals surface area (Å²) in [5.41, 5.74) is 4.36. The van der Waals surface area contributed by atoms with Crippen LogP contribution in [0, 0.1) is 0 Å². The normalized spacial score (nSPS) is 12.1. The average Bonchev–Trinajstić information content (AvgIpc) is 3.25. The monoisotopic (exact) mass is 976 g/mol. The number of nitrogens with zero attached hydrogens (tertiary/aromatic N) is 4. The lowest BCUT2D eigenvalue weighted by atomic mass is 10.1. The van der Waals surface area contributed by atoms with Gasteiger partial charge in [-0.1, -0.05) is 59.6 Å². The van der Waals surface area contributed by atoms with Gasteiger partial charge in [-0.05, 0) is 117 Å². The van der Waals surface area contributed by atoms with E-state index >= 15 is 0 Å². The van der Waals surface area contributed by atoms with Crippen LogP contribution >= 0.6 is 58.0 Å². The van der Waals surface area contributed by atoms with E-state index in [4.69, 9.17) is 58.0 Å². The summed E-state index contributed by atoms with van der Waals surface area (Å²) in [6.45, 7) is 2.35. The molecular formula is C46H41Cl5N8O6. The number of para-hydroxylation sites is 2. The number of carbonyl (C=O) groups excluding carboxylic acids is 6. The Morgan fingerprint density at radius 2 is 0.908 bits per heavy atom. The molecule has 4 N–H and O–H groups in total. The molecule has 0 heterocycles. The molecule has 14 nitrogen and oxygen atoms in total. The number of nitrogens with one attached hydrogen (secondary N) is 4. The zero-order valence-corrected chi connectivity index (χ0v) is 38.6. The summed E-state index contributed by atoms with van der Waals surface area (Å²) < 4.78 is 0. The number of benzene rings is 5. The average molecular weight is 979 g/mol. The number of Topliss-reactive ketones (excluding diaryl/α,β-unsaturated/α-hetero) is 2. The third-order valence-electron chi connectivity index (χ3n) is 9.39. The molecule has 0 bridgehead atoms. The number of amides is 4. The lowest BCUT2D eigenvalue weighted by molar-refractivity contribution is -0.127. The van der Waals surface area contributed by atoms with Gasteiger partial charge in [0.25, 0.3) is 23.6 Å². The van der Waals surface area contributed by atoms with Crippen LogP contribution in [0.3, 0.4) is 0 Å². The molecule has 0 saturated heterocycles. The van der Waals surface area contributed by atoms with E-state index in [1.54, 1.807) is 24.3 Å². The van der Waals surface area contributed by atoms with Crippen LogP contribution in [0.5, 0.6) is 0 Å². The van der Waals surface area contributed by atoms with Crippen LogP contribution < -0.4 is 21.3 Å². The second kappa shape index (κ2) is 24.3. The fraction of sp³-hybridized carbons (Fsp3) is 0.217. The molecular weight excluding hydrogens is 938 g/mol. The highest BCUT2D eigenvalue weighted by Crippen LogP contribution is 2.28. The van der Waals surface area contributed by atoms with Crippen molar-refractivity contribution in [2.24, 2.45) is 20.5 Å². The zero-order chi connectivity index (χ0) is 47.0. The van der Waals surface area contributed by atoms with Crippen LogP contribution in [0.1, 0.15) is 51.3 Å². The fourth-order valence-electron chi connectivity index (χ4n) is 6.24. The second-order valence-electron chi connectivity index (χ2n) is 14.2. The third kappa shape index (κ3) is 14.5. The van der Waals surface area contributed by atoms with Crippen LogP contribution in [-0.2, 0) is 38.4 Å². The molecule has 0 aliphatic heterocycles. The van der Waals surface area contributed by atoms with Gasteiger partial charge in [-0.15, -0.1) is 34.8 Å². The molecule has 0 aliphatic carbocycles. The molecule has 19 heteroatoms. The highest BCUT2D eigenvalue weighted by atomic mass is 35.5. The second-order valence-corrected chi connectivity index (χ2v) is 16.3. The first kappa shape index (κ1) is 50.0. The van der Waals surface area contributed by atoms with E-state index in [1.165, 1.54) is 68.4 Å². The van der Waals surface area contributed by atoms with Gasteiger partial charge in [0.15, 0.2) is 11.6 Å². The predicted molar refractivity (Wildman–Crippen MR) is 257 cm³/mol. The van der Waals surface area contributed by atoms with Crippen molar-refractivity contribution in [3.8, 4) is 0 Å². The van der Waals surface area contributed by atoms with Gasteiger partial charge in [-0.3, -0.25) is 28.8 Å². The van der Waals surface area contributed by atoms with E-state index in [0.29, 0.717) is 41.5 Å². The van der Waals surface area contributed by atoms with Crippen molar-refractivity contribution in [3.05, 3.63) is 141 Å². The molecule has 0 spiro atoms. The summed E-state index contributed by atoms with van der Waals surface area (Å²) in [6.07, 6.45) is 1.30. The number of halogens is 5. The maximum atomic E-state index is 13.5. The summed E-state index contributed by atoms with van der Waals surface area (Å²) in [6, 6.07) is 24.3. The molecule has 2 atom stereocenters. The Morgan fingerprint density at radius 3 is 1.35 bits per heavy atom. The summed E-state index contributed by atoms with van der Waals surface area (Å²) >= 11 is 30.6. The van der Waals surface area contributed by atoms with Crippen LogP contribution in [0.25, 0.3) is 0 Å². The number of ketones is 2. The Kier molecular flexibility index (Phi) is 18.7. The lowest BCUT2D eigenvalue weighted by Crippen LogP contribution is -2.32. The quantitative estimate of drug-likeness (QED) is 0.0340. The van der Waals surface area contributed by atoms with E-state index in [0.717, 1.165) is 11.1 Å². The summed E-state index contributed by atoms with van der Waals surface area (Å²) in [5, 5.41) is 27.5. The number of aryl methyl sites for hydroxylation is 3. The summed E-state index contributed by atoms with van der Waals surface area (Å²) in [5.74, 6) is -3.01. The number of azo groups is 2. The molecule has 5 rings (SSSR count). The van der Waals surface area contributed by atoms with E-state index in [1.807, 2.05) is 24.3 Å². The van der Waals surface area contributed by atoms with Crippen LogP contribution in [0.4, 0.5) is 34.1 Å². The van der Waals surface area contributed by atoms with Gasteiger partial charge in [0, 0.05) is 61.6 Å². The third-order valence-corrected chi connectivity index (χ3v) is 10.4. The minimum absolute atomic E-state index is 0.114. The van der Waals surface area contributed by atoms with Crippen molar-refractivity contribution >= 4 is 127 Å². The fourth-order valence-corrected chi connectivity index (χ4v) is 7.31. The molecule has 336 valence electrons.